The molecule has 1 saturated carbocycles. The number of nitrogens with one attached hydrogen (secondary N) is 1. The fourth-order valence-corrected chi connectivity index (χ4v) is 4.47. The van der Waals surface area contributed by atoms with E-state index in [-0.39, 0.29) is 17.5 Å². The molecule has 3 heterocycles. The van der Waals surface area contributed by atoms with Gasteiger partial charge in [-0.1, -0.05) is 32.1 Å². The monoisotopic (exact) mass is 396 g/mol. The summed E-state index contributed by atoms with van der Waals surface area (Å²) in [5.74, 6) is 2.25. The summed E-state index contributed by atoms with van der Waals surface area (Å²) in [4.78, 5) is 18.8. The van der Waals surface area contributed by atoms with E-state index in [1.54, 1.807) is 18.4 Å². The Balaban J connectivity index is 1.28. The lowest BCUT2D eigenvalue weighted by Gasteiger charge is -2.31. The Morgan fingerprint density at radius 2 is 2.03 bits per heavy atom. The average molecular weight is 396 g/mol. The van der Waals surface area contributed by atoms with Crippen LogP contribution in [0.3, 0.4) is 0 Å². The number of carbonyl (C=O) groups excluding carboxylic acids is 1. The van der Waals surface area contributed by atoms with Gasteiger partial charge < -0.3 is 19.1 Å². The van der Waals surface area contributed by atoms with Crippen LogP contribution in [0.2, 0.25) is 0 Å². The molecule has 2 fully saturated rings. The van der Waals surface area contributed by atoms with Crippen LogP contribution in [-0.4, -0.2) is 30.5 Å². The molecule has 2 aromatic heterocycles. The first-order valence-electron chi connectivity index (χ1n) is 10.7. The number of furan rings is 1. The molecule has 29 heavy (non-hydrogen) atoms. The van der Waals surface area contributed by atoms with Crippen LogP contribution in [0.5, 0.6) is 0 Å². The van der Waals surface area contributed by atoms with Gasteiger partial charge in [-0.25, -0.2) is 0 Å². The number of nitrogens with zero attached hydrogens (tertiary/aromatic N) is 3. The van der Waals surface area contributed by atoms with Crippen molar-refractivity contribution in [3.8, 4) is 17.7 Å². The van der Waals surface area contributed by atoms with Crippen molar-refractivity contribution in [2.24, 2.45) is 11.8 Å². The number of carbonyl (C=O) groups is 1. The molecule has 1 amide bonds. The molecule has 154 valence electrons. The lowest BCUT2D eigenvalue weighted by molar-refractivity contribution is -0.125. The highest BCUT2D eigenvalue weighted by molar-refractivity contribution is 5.79. The van der Waals surface area contributed by atoms with Gasteiger partial charge in [-0.2, -0.15) is 10.2 Å². The zero-order valence-electron chi connectivity index (χ0n) is 16.7. The number of oxazole rings is 1. The summed E-state index contributed by atoms with van der Waals surface area (Å²) >= 11 is 0. The topological polar surface area (TPSA) is 95.3 Å². The molecule has 0 bridgehead atoms. The van der Waals surface area contributed by atoms with Crippen LogP contribution in [0.15, 0.2) is 27.2 Å². The second kappa shape index (κ2) is 9.17. The average Bonchev–Trinajstić information content (AvgIpc) is 3.44. The van der Waals surface area contributed by atoms with Gasteiger partial charge in [0.15, 0.2) is 5.76 Å². The van der Waals surface area contributed by atoms with E-state index in [4.69, 9.17) is 8.83 Å². The molecular formula is C22H28N4O3. The zero-order valence-corrected chi connectivity index (χ0v) is 16.7. The molecule has 7 heteroatoms. The summed E-state index contributed by atoms with van der Waals surface area (Å²) in [7, 11) is 0. The van der Waals surface area contributed by atoms with Crippen LogP contribution in [-0.2, 0) is 4.79 Å². The Kier molecular flexibility index (Phi) is 6.18. The molecule has 0 unspecified atom stereocenters. The first-order chi connectivity index (χ1) is 14.2. The summed E-state index contributed by atoms with van der Waals surface area (Å²) in [5, 5.41) is 12.6. The molecule has 1 aliphatic heterocycles. The summed E-state index contributed by atoms with van der Waals surface area (Å²) in [6.45, 7) is 2.13. The summed E-state index contributed by atoms with van der Waals surface area (Å²) in [6.07, 6.45) is 10.8. The second-order valence-electron chi connectivity index (χ2n) is 8.11. The van der Waals surface area contributed by atoms with E-state index in [0.29, 0.717) is 30.6 Å². The first-order valence-corrected chi connectivity index (χ1v) is 10.7. The maximum atomic E-state index is 12.5. The molecule has 0 aromatic carbocycles. The number of hydrogen-bond donors (Lipinski definition) is 1. The highest BCUT2D eigenvalue weighted by Crippen LogP contribution is 2.31. The molecule has 2 aromatic rings. The maximum Gasteiger partial charge on any atom is 0.266 e. The predicted octanol–water partition coefficient (Wildman–Crippen LogP) is 4.11. The zero-order chi connectivity index (χ0) is 20.1. The van der Waals surface area contributed by atoms with Crippen LogP contribution >= 0.6 is 0 Å². The molecule has 1 aliphatic carbocycles. The van der Waals surface area contributed by atoms with Crippen molar-refractivity contribution in [2.75, 3.05) is 24.5 Å². The van der Waals surface area contributed by atoms with Crippen LogP contribution in [0.1, 0.15) is 57.1 Å². The largest absolute Gasteiger partial charge is 0.459 e. The third-order valence-corrected chi connectivity index (χ3v) is 6.18. The van der Waals surface area contributed by atoms with Gasteiger partial charge >= 0.3 is 0 Å². The molecule has 1 saturated heterocycles. The van der Waals surface area contributed by atoms with E-state index in [1.165, 1.54) is 32.1 Å². The van der Waals surface area contributed by atoms with E-state index in [0.717, 1.165) is 31.7 Å². The number of anilines is 1. The number of aromatic nitrogens is 1. The van der Waals surface area contributed by atoms with Gasteiger partial charge in [0.1, 0.15) is 6.07 Å². The van der Waals surface area contributed by atoms with Crippen molar-refractivity contribution in [3.63, 3.8) is 0 Å². The van der Waals surface area contributed by atoms with Gasteiger partial charge in [0.25, 0.3) is 5.89 Å². The molecule has 0 spiro atoms. The van der Waals surface area contributed by atoms with Crippen molar-refractivity contribution >= 4 is 11.8 Å². The molecule has 4 rings (SSSR count). The van der Waals surface area contributed by atoms with Gasteiger partial charge in [0.2, 0.25) is 17.5 Å². The smallest absolute Gasteiger partial charge is 0.266 e. The van der Waals surface area contributed by atoms with Crippen molar-refractivity contribution in [2.45, 2.75) is 51.4 Å². The van der Waals surface area contributed by atoms with Gasteiger partial charge in [0, 0.05) is 25.6 Å². The van der Waals surface area contributed by atoms with Crippen molar-refractivity contribution in [1.29, 1.82) is 5.26 Å². The highest BCUT2D eigenvalue weighted by atomic mass is 16.4. The molecule has 0 atom stereocenters. The Morgan fingerprint density at radius 1 is 1.24 bits per heavy atom. The SMILES string of the molecule is N#Cc1nc(-c2ccco2)oc1N1CCC(C(=O)NCCC2CCCCC2)CC1. The van der Waals surface area contributed by atoms with E-state index >= 15 is 0 Å². The van der Waals surface area contributed by atoms with E-state index < -0.39 is 0 Å². The van der Waals surface area contributed by atoms with Gasteiger partial charge in [0.05, 0.1) is 6.26 Å². The van der Waals surface area contributed by atoms with Crippen molar-refractivity contribution < 1.29 is 13.6 Å². The van der Waals surface area contributed by atoms with E-state index in [9.17, 15) is 10.1 Å². The van der Waals surface area contributed by atoms with Gasteiger partial charge in [-0.05, 0) is 37.3 Å². The first kappa shape index (κ1) is 19.6. The van der Waals surface area contributed by atoms with E-state index in [2.05, 4.69) is 16.4 Å². The molecule has 2 aliphatic rings. The van der Waals surface area contributed by atoms with Crippen LogP contribution in [0, 0.1) is 23.2 Å². The standard InChI is InChI=1S/C22H28N4O3/c23-15-18-22(29-21(25-18)19-7-4-14-28-19)26-12-9-17(10-13-26)20(27)24-11-8-16-5-2-1-3-6-16/h4,7,14,16-17H,1-3,5-6,8-13H2,(H,24,27). The summed E-state index contributed by atoms with van der Waals surface area (Å²) < 4.78 is 11.1. The Labute approximate surface area is 171 Å². The maximum absolute atomic E-state index is 12.5. The highest BCUT2D eigenvalue weighted by Gasteiger charge is 2.29. The Morgan fingerprint density at radius 3 is 2.72 bits per heavy atom. The minimum Gasteiger partial charge on any atom is -0.459 e. The minimum atomic E-state index is 0.0237. The minimum absolute atomic E-state index is 0.0237. The molecular weight excluding hydrogens is 368 g/mol. The second-order valence-corrected chi connectivity index (χ2v) is 8.11. The Hall–Kier alpha value is -2.75. The number of amides is 1. The van der Waals surface area contributed by atoms with Crippen molar-refractivity contribution in [1.82, 2.24) is 10.3 Å². The third kappa shape index (κ3) is 4.64. The van der Waals surface area contributed by atoms with Gasteiger partial charge in [-0.15, -0.1) is 0 Å². The lowest BCUT2D eigenvalue weighted by atomic mass is 9.87. The fourth-order valence-electron chi connectivity index (χ4n) is 4.47. The Bertz CT molecular complexity index is 838. The molecule has 7 nitrogen and oxygen atoms in total. The van der Waals surface area contributed by atoms with Crippen molar-refractivity contribution in [3.05, 3.63) is 24.1 Å². The van der Waals surface area contributed by atoms with Gasteiger partial charge in [-0.3, -0.25) is 4.79 Å². The number of nitriles is 1. The normalized spacial score (nSPS) is 18.5. The molecule has 0 radical (unpaired) electrons. The quantitative estimate of drug-likeness (QED) is 0.789. The summed E-state index contributed by atoms with van der Waals surface area (Å²) in [6, 6.07) is 5.60. The predicted molar refractivity (Wildman–Crippen MR) is 108 cm³/mol. The number of hydrogen-bond acceptors (Lipinski definition) is 6. The fraction of sp³-hybridized carbons (Fsp3) is 0.591. The van der Waals surface area contributed by atoms with Crippen LogP contribution < -0.4 is 10.2 Å². The van der Waals surface area contributed by atoms with E-state index in [1.807, 2.05) is 4.90 Å². The number of piperidine rings is 1. The summed E-state index contributed by atoms with van der Waals surface area (Å²) in [5.41, 5.74) is 0.256. The third-order valence-electron chi connectivity index (χ3n) is 6.18. The number of rotatable bonds is 6. The van der Waals surface area contributed by atoms with Crippen LogP contribution in [0.25, 0.3) is 11.7 Å². The lowest BCUT2D eigenvalue weighted by Crippen LogP contribution is -2.41. The molecule has 1 N–H and O–H groups in total. The van der Waals surface area contributed by atoms with Crippen LogP contribution in [0.4, 0.5) is 5.88 Å².